The summed E-state index contributed by atoms with van der Waals surface area (Å²) in [6.07, 6.45) is 2.62. The molecule has 0 radical (unpaired) electrons. The number of benzene rings is 1. The molecule has 0 unspecified atom stereocenters. The average Bonchev–Trinajstić information content (AvgIpc) is 2.76. The predicted molar refractivity (Wildman–Crippen MR) is 69.6 cm³/mol. The first-order valence-electron chi connectivity index (χ1n) is 5.24. The van der Waals surface area contributed by atoms with Crippen molar-refractivity contribution in [3.05, 3.63) is 36.2 Å². The molecule has 1 aromatic carbocycles. The molecular formula is C11H12N4O3S. The first-order chi connectivity index (χ1) is 8.79. The van der Waals surface area contributed by atoms with Crippen LogP contribution in [0.1, 0.15) is 10.5 Å². The summed E-state index contributed by atoms with van der Waals surface area (Å²) in [4.78, 5) is 11.1. The van der Waals surface area contributed by atoms with Crippen LogP contribution in [0.15, 0.2) is 35.4 Å². The number of nitrogens with two attached hydrogens (primary N) is 2. The first-order valence-corrected chi connectivity index (χ1v) is 7.13. The van der Waals surface area contributed by atoms with Gasteiger partial charge in [-0.05, 0) is 24.3 Å². The van der Waals surface area contributed by atoms with Crippen LogP contribution in [-0.2, 0) is 9.84 Å². The van der Waals surface area contributed by atoms with Gasteiger partial charge in [-0.25, -0.2) is 13.1 Å². The smallest absolute Gasteiger partial charge is 0.269 e. The molecule has 1 heterocycles. The highest BCUT2D eigenvalue weighted by atomic mass is 32.2. The lowest BCUT2D eigenvalue weighted by atomic mass is 10.3. The summed E-state index contributed by atoms with van der Waals surface area (Å²) in [5.41, 5.74) is 11.7. The Hall–Kier alpha value is -2.35. The van der Waals surface area contributed by atoms with Crippen molar-refractivity contribution in [2.45, 2.75) is 4.90 Å². The molecule has 0 atom stereocenters. The van der Waals surface area contributed by atoms with E-state index >= 15 is 0 Å². The minimum atomic E-state index is -3.32. The van der Waals surface area contributed by atoms with Crippen molar-refractivity contribution < 1.29 is 13.2 Å². The number of anilines is 1. The maximum Gasteiger partial charge on any atom is 0.269 e. The topological polar surface area (TPSA) is 121 Å². The Kier molecular flexibility index (Phi) is 3.03. The maximum atomic E-state index is 11.4. The number of sulfone groups is 1. The van der Waals surface area contributed by atoms with Crippen LogP contribution in [0, 0.1) is 0 Å². The van der Waals surface area contributed by atoms with Crippen LogP contribution in [0.4, 0.5) is 5.69 Å². The molecule has 0 saturated carbocycles. The Balaban J connectivity index is 2.49. The molecular weight excluding hydrogens is 268 g/mol. The zero-order valence-corrected chi connectivity index (χ0v) is 10.9. The summed E-state index contributed by atoms with van der Waals surface area (Å²) in [5, 5.41) is 3.95. The van der Waals surface area contributed by atoms with Gasteiger partial charge >= 0.3 is 0 Å². The van der Waals surface area contributed by atoms with E-state index in [1.165, 1.54) is 35.1 Å². The molecule has 0 aliphatic heterocycles. The van der Waals surface area contributed by atoms with Gasteiger partial charge in [-0.15, -0.1) is 0 Å². The second-order valence-corrected chi connectivity index (χ2v) is 6.02. The van der Waals surface area contributed by atoms with Crippen LogP contribution in [0.2, 0.25) is 0 Å². The summed E-state index contributed by atoms with van der Waals surface area (Å²) in [7, 11) is -3.32. The Morgan fingerprint density at radius 3 is 2.47 bits per heavy atom. The number of carbonyl (C=O) groups is 1. The van der Waals surface area contributed by atoms with Crippen LogP contribution >= 0.6 is 0 Å². The Morgan fingerprint density at radius 1 is 1.32 bits per heavy atom. The number of rotatable bonds is 3. The molecule has 2 aromatic rings. The number of aromatic nitrogens is 2. The van der Waals surface area contributed by atoms with Gasteiger partial charge in [0.25, 0.3) is 5.91 Å². The van der Waals surface area contributed by atoms with E-state index in [1.807, 2.05) is 0 Å². The van der Waals surface area contributed by atoms with Crippen molar-refractivity contribution in [1.82, 2.24) is 9.78 Å². The van der Waals surface area contributed by atoms with Gasteiger partial charge < -0.3 is 11.5 Å². The molecule has 0 saturated heterocycles. The first kappa shape index (κ1) is 13.1. The van der Waals surface area contributed by atoms with Gasteiger partial charge in [0.05, 0.1) is 16.3 Å². The van der Waals surface area contributed by atoms with Gasteiger partial charge in [0, 0.05) is 12.5 Å². The molecule has 0 aliphatic rings. The monoisotopic (exact) mass is 280 g/mol. The van der Waals surface area contributed by atoms with Crippen LogP contribution in [-0.4, -0.2) is 30.4 Å². The van der Waals surface area contributed by atoms with Crippen LogP contribution < -0.4 is 11.5 Å². The summed E-state index contributed by atoms with van der Waals surface area (Å²) in [6.45, 7) is 0. The molecule has 8 heteroatoms. The Morgan fingerprint density at radius 2 is 2.00 bits per heavy atom. The summed E-state index contributed by atoms with van der Waals surface area (Å²) < 4.78 is 24.1. The number of amides is 1. The number of hydrogen-bond acceptors (Lipinski definition) is 5. The van der Waals surface area contributed by atoms with E-state index in [4.69, 9.17) is 11.5 Å². The minimum Gasteiger partial charge on any atom is -0.397 e. The van der Waals surface area contributed by atoms with E-state index in [-0.39, 0.29) is 16.3 Å². The van der Waals surface area contributed by atoms with Gasteiger partial charge in [0.15, 0.2) is 9.84 Å². The number of nitrogens with zero attached hydrogens (tertiary/aromatic N) is 2. The normalized spacial score (nSPS) is 11.4. The third-order valence-corrected chi connectivity index (χ3v) is 3.63. The van der Waals surface area contributed by atoms with Gasteiger partial charge in [-0.2, -0.15) is 5.10 Å². The van der Waals surface area contributed by atoms with E-state index < -0.39 is 15.7 Å². The van der Waals surface area contributed by atoms with Crippen molar-refractivity contribution in [1.29, 1.82) is 0 Å². The van der Waals surface area contributed by atoms with Gasteiger partial charge in [-0.1, -0.05) is 0 Å². The predicted octanol–water partition coefficient (Wildman–Crippen LogP) is -0.0431. The number of primary amides is 1. The highest BCUT2D eigenvalue weighted by Gasteiger charge is 2.12. The average molecular weight is 280 g/mol. The SMILES string of the molecule is CS(=O)(=O)c1ccc(-n2ccc(C(N)=O)n2)c(N)c1. The van der Waals surface area contributed by atoms with Gasteiger partial charge in [0.2, 0.25) is 0 Å². The van der Waals surface area contributed by atoms with Crippen molar-refractivity contribution >= 4 is 21.4 Å². The lowest BCUT2D eigenvalue weighted by molar-refractivity contribution is 0.0995. The molecule has 0 fully saturated rings. The maximum absolute atomic E-state index is 11.4. The standard InChI is InChI=1S/C11H12N4O3S/c1-19(17,18)7-2-3-10(8(12)6-7)15-5-4-9(14-15)11(13)16/h2-6H,12H2,1H3,(H2,13,16). The summed E-state index contributed by atoms with van der Waals surface area (Å²) in [6, 6.07) is 5.73. The van der Waals surface area contributed by atoms with Crippen molar-refractivity contribution in [3.63, 3.8) is 0 Å². The van der Waals surface area contributed by atoms with Crippen LogP contribution in [0.3, 0.4) is 0 Å². The summed E-state index contributed by atoms with van der Waals surface area (Å²) >= 11 is 0. The quantitative estimate of drug-likeness (QED) is 0.764. The van der Waals surface area contributed by atoms with Gasteiger partial charge in [0.1, 0.15) is 5.69 Å². The second kappa shape index (κ2) is 4.39. The number of carbonyl (C=O) groups excluding carboxylic acids is 1. The van der Waals surface area contributed by atoms with Crippen molar-refractivity contribution in [2.24, 2.45) is 5.73 Å². The zero-order valence-electron chi connectivity index (χ0n) is 10.1. The van der Waals surface area contributed by atoms with E-state index in [0.717, 1.165) is 6.26 Å². The molecule has 0 spiro atoms. The van der Waals surface area contributed by atoms with E-state index in [0.29, 0.717) is 5.69 Å². The largest absolute Gasteiger partial charge is 0.397 e. The Labute approximate surface area is 109 Å². The molecule has 0 bridgehead atoms. The molecule has 0 aliphatic carbocycles. The van der Waals surface area contributed by atoms with E-state index in [2.05, 4.69) is 5.10 Å². The lowest BCUT2D eigenvalue weighted by Crippen LogP contribution is -2.12. The fourth-order valence-corrected chi connectivity index (χ4v) is 2.22. The van der Waals surface area contributed by atoms with Crippen molar-refractivity contribution in [2.75, 3.05) is 12.0 Å². The zero-order chi connectivity index (χ0) is 14.2. The number of nitrogen functional groups attached to an aromatic ring is 1. The Bertz CT molecular complexity index is 749. The molecule has 100 valence electrons. The van der Waals surface area contributed by atoms with Crippen LogP contribution in [0.5, 0.6) is 0 Å². The minimum absolute atomic E-state index is 0.103. The fraction of sp³-hybridized carbons (Fsp3) is 0.0909. The highest BCUT2D eigenvalue weighted by Crippen LogP contribution is 2.21. The highest BCUT2D eigenvalue weighted by molar-refractivity contribution is 7.90. The third kappa shape index (κ3) is 2.58. The third-order valence-electron chi connectivity index (χ3n) is 2.52. The molecule has 19 heavy (non-hydrogen) atoms. The molecule has 7 nitrogen and oxygen atoms in total. The van der Waals surface area contributed by atoms with Crippen LogP contribution in [0.25, 0.3) is 5.69 Å². The fourth-order valence-electron chi connectivity index (χ4n) is 1.56. The lowest BCUT2D eigenvalue weighted by Gasteiger charge is -2.07. The van der Waals surface area contributed by atoms with Gasteiger partial charge in [-0.3, -0.25) is 4.79 Å². The molecule has 2 rings (SSSR count). The molecule has 1 aromatic heterocycles. The van der Waals surface area contributed by atoms with E-state index in [9.17, 15) is 13.2 Å². The second-order valence-electron chi connectivity index (χ2n) is 4.00. The molecule has 1 amide bonds. The summed E-state index contributed by atoms with van der Waals surface area (Å²) in [5.74, 6) is -0.648. The van der Waals surface area contributed by atoms with E-state index in [1.54, 1.807) is 0 Å². The molecule has 4 N–H and O–H groups in total. The van der Waals surface area contributed by atoms with Crippen molar-refractivity contribution in [3.8, 4) is 5.69 Å². The number of hydrogen-bond donors (Lipinski definition) is 2.